The van der Waals surface area contributed by atoms with Crippen LogP contribution in [0.1, 0.15) is 34.0 Å². The second-order valence-corrected chi connectivity index (χ2v) is 10.5. The number of hydrogen-bond donors (Lipinski definition) is 2. The number of benzene rings is 3. The molecule has 226 valence electrons. The lowest BCUT2D eigenvalue weighted by atomic mass is 9.62. The van der Waals surface area contributed by atoms with Crippen LogP contribution in [0.25, 0.3) is 5.70 Å². The Kier molecular flexibility index (Phi) is 9.06. The molecule has 0 saturated heterocycles. The molecule has 0 fully saturated rings. The Morgan fingerprint density at radius 1 is 1.09 bits per heavy atom. The van der Waals surface area contributed by atoms with Crippen LogP contribution in [0.5, 0.6) is 0 Å². The number of nitrogens with zero attached hydrogens (tertiary/aromatic N) is 2. The van der Waals surface area contributed by atoms with Crippen molar-refractivity contribution in [3.8, 4) is 0 Å². The maximum Gasteiger partial charge on any atom is 0.416 e. The zero-order valence-electron chi connectivity index (χ0n) is 23.0. The molecule has 1 amide bonds. The molecule has 2 heterocycles. The molecule has 0 bridgehead atoms. The Morgan fingerprint density at radius 2 is 1.73 bits per heavy atom. The Hall–Kier alpha value is -4.06. The third-order valence-corrected chi connectivity index (χ3v) is 6.84. The molecule has 2 N–H and O–H groups in total. The molecule has 3 aromatic rings. The average molecular weight is 633 g/mol. The second kappa shape index (κ2) is 12.1. The van der Waals surface area contributed by atoms with Crippen molar-refractivity contribution in [1.82, 2.24) is 5.32 Å². The fraction of sp³-hybridized carbons (Fsp3) is 0.207. The number of carbonyl (C=O) groups is 1. The van der Waals surface area contributed by atoms with Crippen LogP contribution in [0.2, 0.25) is 5.02 Å². The van der Waals surface area contributed by atoms with Crippen LogP contribution in [-0.2, 0) is 12.7 Å². The monoisotopic (exact) mass is 632 g/mol. The van der Waals surface area contributed by atoms with Crippen molar-refractivity contribution in [2.45, 2.75) is 31.4 Å². The van der Waals surface area contributed by atoms with E-state index in [1.54, 1.807) is 0 Å². The zero-order valence-corrected chi connectivity index (χ0v) is 23.8. The minimum atomic E-state index is -4.79. The molecule has 5 rings (SSSR count). The average Bonchev–Trinajstić information content (AvgIpc) is 3.42. The van der Waals surface area contributed by atoms with Gasteiger partial charge in [-0.25, -0.2) is 17.6 Å². The summed E-state index contributed by atoms with van der Waals surface area (Å²) < 4.78 is 92.3. The summed E-state index contributed by atoms with van der Waals surface area (Å²) in [5.74, 6) is -1.91. The summed E-state index contributed by atoms with van der Waals surface area (Å²) in [6.45, 7) is 8.15. The van der Waals surface area contributed by atoms with Gasteiger partial charge >= 0.3 is 6.18 Å². The van der Waals surface area contributed by atoms with Gasteiger partial charge in [0.15, 0.2) is 0 Å². The van der Waals surface area contributed by atoms with Crippen molar-refractivity contribution in [2.24, 2.45) is 0 Å². The molecule has 0 spiro atoms. The van der Waals surface area contributed by atoms with E-state index in [4.69, 9.17) is 27.3 Å². The van der Waals surface area contributed by atoms with Crippen LogP contribution in [0.4, 0.5) is 47.8 Å². The molecule has 3 aromatic carbocycles. The molecule has 0 unspecified atom stereocenters. The maximum absolute atomic E-state index is 13.9. The van der Waals surface area contributed by atoms with Gasteiger partial charge in [0.2, 0.25) is 0 Å². The van der Waals surface area contributed by atoms with E-state index < -0.39 is 41.8 Å². The summed E-state index contributed by atoms with van der Waals surface area (Å²) in [7, 11) is 12.2. The van der Waals surface area contributed by atoms with Crippen molar-refractivity contribution >= 4 is 56.0 Å². The Balaban J connectivity index is 0.000000479. The fourth-order valence-electron chi connectivity index (χ4n) is 4.77. The lowest BCUT2D eigenvalue weighted by Gasteiger charge is -2.37. The Bertz CT molecular complexity index is 1600. The normalized spacial score (nSPS) is 14.2. The summed E-state index contributed by atoms with van der Waals surface area (Å²) in [4.78, 5) is 15.2. The number of amides is 1. The lowest BCUT2D eigenvalue weighted by molar-refractivity contribution is -0.137. The van der Waals surface area contributed by atoms with E-state index in [1.807, 2.05) is 0 Å². The predicted molar refractivity (Wildman–Crippen MR) is 158 cm³/mol. The number of alkyl halides is 5. The minimum absolute atomic E-state index is 0.00896. The van der Waals surface area contributed by atoms with Gasteiger partial charge < -0.3 is 20.4 Å². The number of rotatable bonds is 6. The number of carbonyl (C=O) groups excluding carboxylic acids is 1. The van der Waals surface area contributed by atoms with Crippen molar-refractivity contribution in [2.75, 3.05) is 21.7 Å². The zero-order chi connectivity index (χ0) is 32.7. The molecular weight excluding hydrogens is 610 g/mol. The van der Waals surface area contributed by atoms with Crippen molar-refractivity contribution in [1.29, 1.82) is 0 Å². The summed E-state index contributed by atoms with van der Waals surface area (Å²) in [6, 6.07) is 9.02. The Morgan fingerprint density at radius 3 is 2.27 bits per heavy atom. The highest BCUT2D eigenvalue weighted by Crippen LogP contribution is 2.50. The third-order valence-electron chi connectivity index (χ3n) is 6.59. The molecule has 0 aliphatic carbocycles. The van der Waals surface area contributed by atoms with Crippen molar-refractivity contribution in [3.63, 3.8) is 0 Å². The third kappa shape index (κ3) is 6.85. The van der Waals surface area contributed by atoms with Crippen molar-refractivity contribution < 1.29 is 35.5 Å². The van der Waals surface area contributed by atoms with Gasteiger partial charge in [-0.3, -0.25) is 4.79 Å². The second-order valence-electron chi connectivity index (χ2n) is 10.1. The van der Waals surface area contributed by atoms with Crippen LogP contribution < -0.4 is 20.4 Å². The first-order valence-electron chi connectivity index (χ1n) is 12.7. The molecule has 0 atom stereocenters. The predicted octanol–water partition coefficient (Wildman–Crippen LogP) is 7.02. The number of halogens is 8. The largest absolute Gasteiger partial charge is 0.416 e. The number of nitrogens with one attached hydrogen (secondary N) is 2. The van der Waals surface area contributed by atoms with E-state index in [9.17, 15) is 35.5 Å². The van der Waals surface area contributed by atoms with Crippen LogP contribution in [0, 0.1) is 11.6 Å². The van der Waals surface area contributed by atoms with Gasteiger partial charge in [-0.15, -0.1) is 0 Å². The van der Waals surface area contributed by atoms with Crippen LogP contribution >= 0.6 is 11.6 Å². The first-order chi connectivity index (χ1) is 20.4. The Labute approximate surface area is 256 Å². The molecule has 5 nitrogen and oxygen atoms in total. The van der Waals surface area contributed by atoms with Gasteiger partial charge in [-0.05, 0) is 53.9 Å². The van der Waals surface area contributed by atoms with Crippen LogP contribution in [0.15, 0.2) is 67.5 Å². The van der Waals surface area contributed by atoms with Gasteiger partial charge in [0, 0.05) is 34.1 Å². The highest BCUT2D eigenvalue weighted by atomic mass is 35.5. The highest BCUT2D eigenvalue weighted by molar-refractivity contribution is 6.42. The van der Waals surface area contributed by atoms with E-state index >= 15 is 0 Å². The van der Waals surface area contributed by atoms with E-state index in [-0.39, 0.29) is 52.1 Å². The molecule has 15 heteroatoms. The molecule has 4 radical (unpaired) electrons. The fourth-order valence-corrected chi connectivity index (χ4v) is 4.89. The van der Waals surface area contributed by atoms with E-state index in [0.717, 1.165) is 17.0 Å². The quantitative estimate of drug-likeness (QED) is 0.227. The van der Waals surface area contributed by atoms with Gasteiger partial charge in [0.1, 0.15) is 17.5 Å². The minimum Gasteiger partial charge on any atom is -0.355 e. The van der Waals surface area contributed by atoms with Crippen LogP contribution in [-0.4, -0.2) is 39.9 Å². The summed E-state index contributed by atoms with van der Waals surface area (Å²) in [5.41, 5.74) is -0.584. The van der Waals surface area contributed by atoms with E-state index in [1.165, 1.54) is 42.2 Å². The summed E-state index contributed by atoms with van der Waals surface area (Å²) in [6.07, 6.45) is -7.59. The standard InChI is InChI=1S/C23H18B2F6N4O.C6H4ClF/c1-10(12-4-13(23(29,30)31)6-14(26)5-12)33-16-7-17-20(19-15(16)8-32-21(19)36)35(22(3,24)25)11(2)34(17)9-18(27)28;7-5-1-3-6(8)4-2-5/h4-7,18,33H,1-2,8-9H2,3H3,(H,32,36);1-4H. The summed E-state index contributed by atoms with van der Waals surface area (Å²) >= 11 is 5.44. The number of hydrogen-bond acceptors (Lipinski definition) is 4. The van der Waals surface area contributed by atoms with Crippen molar-refractivity contribution in [3.05, 3.63) is 106 Å². The smallest absolute Gasteiger partial charge is 0.355 e. The topological polar surface area (TPSA) is 47.6 Å². The number of fused-ring (bicyclic) bond motifs is 3. The molecule has 2 aliphatic rings. The molecule has 2 aliphatic heterocycles. The molecule has 0 saturated carbocycles. The molecular formula is C29H22B2ClF7N4O. The number of anilines is 3. The summed E-state index contributed by atoms with van der Waals surface area (Å²) in [5, 5.41) is 4.38. The molecule has 44 heavy (non-hydrogen) atoms. The van der Waals surface area contributed by atoms with E-state index in [2.05, 4.69) is 23.8 Å². The lowest BCUT2D eigenvalue weighted by Crippen LogP contribution is -2.48. The first-order valence-corrected chi connectivity index (χ1v) is 13.1. The van der Waals surface area contributed by atoms with Gasteiger partial charge in [-0.2, -0.15) is 13.2 Å². The highest BCUT2D eigenvalue weighted by Gasteiger charge is 2.43. The maximum atomic E-state index is 13.9. The van der Waals surface area contributed by atoms with Gasteiger partial charge in [0.25, 0.3) is 12.3 Å². The SMILES string of the molecule is Fc1ccc(Cl)cc1.[B]C([B])(C)N1C(=C)N(CC(F)F)c2cc(NC(=C)c3cc(F)cc(C(F)(F)F)c3)c3c(c21)C(=O)NC3. The van der Waals surface area contributed by atoms with Crippen LogP contribution in [0.3, 0.4) is 0 Å². The first kappa shape index (κ1) is 32.8. The van der Waals surface area contributed by atoms with E-state index in [0.29, 0.717) is 16.7 Å². The molecule has 0 aromatic heterocycles. The van der Waals surface area contributed by atoms with Gasteiger partial charge in [0.05, 0.1) is 44.7 Å². The van der Waals surface area contributed by atoms with Gasteiger partial charge in [-0.1, -0.05) is 31.7 Å².